The number of furan rings is 1. The third-order valence-corrected chi connectivity index (χ3v) is 3.33. The van der Waals surface area contributed by atoms with E-state index < -0.39 is 0 Å². The lowest BCUT2D eigenvalue weighted by Gasteiger charge is -2.09. The normalized spacial score (nSPS) is 10.3. The molecule has 0 aliphatic carbocycles. The average Bonchev–Trinajstić information content (AvgIpc) is 2.87. The zero-order valence-corrected chi connectivity index (χ0v) is 12.9. The number of benzene rings is 1. The summed E-state index contributed by atoms with van der Waals surface area (Å²) >= 11 is 0. The molecular weight excluding hydrogens is 282 g/mol. The molecule has 0 radical (unpaired) electrons. The lowest BCUT2D eigenvalue weighted by molar-refractivity contribution is -0.116. The maximum Gasteiger partial charge on any atom is 0.224 e. The fraction of sp³-hybridized carbons (Fsp3) is 0.294. The molecule has 0 aliphatic rings. The smallest absolute Gasteiger partial charge is 0.224 e. The van der Waals surface area contributed by atoms with Crippen LogP contribution in [0.25, 0.3) is 0 Å². The number of rotatable bonds is 6. The van der Waals surface area contributed by atoms with Crippen LogP contribution in [0, 0.1) is 6.92 Å². The van der Waals surface area contributed by atoms with E-state index in [2.05, 4.69) is 5.32 Å². The summed E-state index contributed by atoms with van der Waals surface area (Å²) in [4.78, 5) is 23.4. The Bertz CT molecular complexity index is 688. The minimum atomic E-state index is -0.136. The molecule has 1 aromatic heterocycles. The van der Waals surface area contributed by atoms with E-state index in [1.54, 1.807) is 32.2 Å². The number of hydrogen-bond acceptors (Lipinski definition) is 4. The molecule has 1 heterocycles. The van der Waals surface area contributed by atoms with Gasteiger partial charge in [0, 0.05) is 12.8 Å². The molecule has 0 atom stereocenters. The van der Waals surface area contributed by atoms with Crippen molar-refractivity contribution >= 4 is 17.4 Å². The highest BCUT2D eigenvalue weighted by molar-refractivity contribution is 5.95. The van der Waals surface area contributed by atoms with Crippen molar-refractivity contribution in [1.82, 2.24) is 0 Å². The summed E-state index contributed by atoms with van der Waals surface area (Å²) < 4.78 is 10.7. The van der Waals surface area contributed by atoms with E-state index in [0.29, 0.717) is 34.9 Å². The molecule has 1 N–H and O–H groups in total. The van der Waals surface area contributed by atoms with Crippen molar-refractivity contribution in [3.63, 3.8) is 0 Å². The van der Waals surface area contributed by atoms with Gasteiger partial charge in [0.1, 0.15) is 17.3 Å². The van der Waals surface area contributed by atoms with Gasteiger partial charge in [-0.3, -0.25) is 9.59 Å². The van der Waals surface area contributed by atoms with Crippen LogP contribution in [-0.4, -0.2) is 18.8 Å². The van der Waals surface area contributed by atoms with Crippen molar-refractivity contribution in [2.45, 2.75) is 26.7 Å². The average molecular weight is 301 g/mol. The third kappa shape index (κ3) is 3.75. The molecule has 0 saturated heterocycles. The van der Waals surface area contributed by atoms with E-state index in [-0.39, 0.29) is 18.1 Å². The fourth-order valence-corrected chi connectivity index (χ4v) is 2.21. The number of Topliss-reactive ketones (excluding diaryl/α,β-unsaturated/α-hetero) is 1. The molecule has 5 nitrogen and oxygen atoms in total. The Kier molecular flexibility index (Phi) is 4.99. The van der Waals surface area contributed by atoms with Crippen molar-refractivity contribution in [1.29, 1.82) is 0 Å². The largest absolute Gasteiger partial charge is 0.495 e. The van der Waals surface area contributed by atoms with Crippen LogP contribution >= 0.6 is 0 Å². The van der Waals surface area contributed by atoms with E-state index in [0.717, 1.165) is 0 Å². The Balaban J connectivity index is 1.95. The van der Waals surface area contributed by atoms with Crippen LogP contribution in [0.4, 0.5) is 5.69 Å². The van der Waals surface area contributed by atoms with Crippen LogP contribution in [-0.2, 0) is 11.2 Å². The molecule has 1 amide bonds. The first-order valence-corrected chi connectivity index (χ1v) is 7.04. The lowest BCUT2D eigenvalue weighted by atomic mass is 10.1. The van der Waals surface area contributed by atoms with Gasteiger partial charge in [-0.2, -0.15) is 0 Å². The molecule has 0 saturated carbocycles. The topological polar surface area (TPSA) is 68.5 Å². The molecule has 0 fully saturated rings. The number of ether oxygens (including phenoxy) is 1. The van der Waals surface area contributed by atoms with Crippen LogP contribution in [0.5, 0.6) is 5.75 Å². The fourth-order valence-electron chi connectivity index (χ4n) is 2.21. The molecule has 22 heavy (non-hydrogen) atoms. The summed E-state index contributed by atoms with van der Waals surface area (Å²) in [6.07, 6.45) is 0.706. The summed E-state index contributed by atoms with van der Waals surface area (Å²) in [6, 6.07) is 8.93. The van der Waals surface area contributed by atoms with Gasteiger partial charge in [0.15, 0.2) is 5.78 Å². The van der Waals surface area contributed by atoms with Gasteiger partial charge < -0.3 is 14.5 Å². The van der Waals surface area contributed by atoms with E-state index in [4.69, 9.17) is 9.15 Å². The van der Waals surface area contributed by atoms with Gasteiger partial charge in [-0.25, -0.2) is 0 Å². The van der Waals surface area contributed by atoms with Crippen LogP contribution < -0.4 is 10.1 Å². The van der Waals surface area contributed by atoms with Crippen LogP contribution in [0.3, 0.4) is 0 Å². The molecule has 0 bridgehead atoms. The maximum absolute atomic E-state index is 12.0. The maximum atomic E-state index is 12.0. The highest BCUT2D eigenvalue weighted by atomic mass is 16.5. The van der Waals surface area contributed by atoms with E-state index in [1.165, 1.54) is 6.92 Å². The standard InChI is InChI=1S/C17H19NO4/c1-11(19)14-10-13(22-12(14)2)8-9-17(20)18-15-6-4-5-7-16(15)21-3/h4-7,10H,8-9H2,1-3H3,(H,18,20). The highest BCUT2D eigenvalue weighted by Gasteiger charge is 2.13. The van der Waals surface area contributed by atoms with Crippen molar-refractivity contribution in [2.75, 3.05) is 12.4 Å². The van der Waals surface area contributed by atoms with Crippen molar-refractivity contribution < 1.29 is 18.7 Å². The van der Waals surface area contributed by atoms with E-state index in [9.17, 15) is 9.59 Å². The molecule has 0 unspecified atom stereocenters. The number of carbonyl (C=O) groups is 2. The Labute approximate surface area is 129 Å². The molecule has 0 spiro atoms. The first-order chi connectivity index (χ1) is 10.5. The summed E-state index contributed by atoms with van der Waals surface area (Å²) in [6.45, 7) is 3.24. The minimum absolute atomic E-state index is 0.0361. The number of methoxy groups -OCH3 is 1. The molecule has 2 rings (SSSR count). The summed E-state index contributed by atoms with van der Waals surface area (Å²) in [5, 5.41) is 2.80. The number of ketones is 1. The zero-order chi connectivity index (χ0) is 16.1. The van der Waals surface area contributed by atoms with Crippen LogP contribution in [0.15, 0.2) is 34.7 Å². The third-order valence-electron chi connectivity index (χ3n) is 3.33. The Morgan fingerprint density at radius 1 is 1.27 bits per heavy atom. The predicted molar refractivity (Wildman–Crippen MR) is 83.4 cm³/mol. The Morgan fingerprint density at radius 3 is 2.64 bits per heavy atom. The molecule has 5 heteroatoms. The van der Waals surface area contributed by atoms with E-state index in [1.807, 2.05) is 12.1 Å². The van der Waals surface area contributed by atoms with Gasteiger partial charge in [0.2, 0.25) is 5.91 Å². The first kappa shape index (κ1) is 15.8. The number of hydrogen-bond donors (Lipinski definition) is 1. The monoisotopic (exact) mass is 301 g/mol. The first-order valence-electron chi connectivity index (χ1n) is 7.04. The Morgan fingerprint density at radius 2 is 2.00 bits per heavy atom. The number of aryl methyl sites for hydroxylation is 2. The molecule has 2 aromatic rings. The minimum Gasteiger partial charge on any atom is -0.495 e. The molecule has 116 valence electrons. The Hall–Kier alpha value is -2.56. The number of carbonyl (C=O) groups excluding carboxylic acids is 2. The van der Waals surface area contributed by atoms with Gasteiger partial charge in [0.05, 0.1) is 18.4 Å². The van der Waals surface area contributed by atoms with Crippen molar-refractivity contribution in [3.8, 4) is 5.75 Å². The van der Waals surface area contributed by atoms with Crippen molar-refractivity contribution in [3.05, 3.63) is 47.4 Å². The number of para-hydroxylation sites is 2. The second-order valence-corrected chi connectivity index (χ2v) is 4.99. The van der Waals surface area contributed by atoms with E-state index >= 15 is 0 Å². The van der Waals surface area contributed by atoms with Gasteiger partial charge in [-0.15, -0.1) is 0 Å². The van der Waals surface area contributed by atoms with Crippen LogP contribution in [0.2, 0.25) is 0 Å². The zero-order valence-electron chi connectivity index (χ0n) is 12.9. The SMILES string of the molecule is COc1ccccc1NC(=O)CCc1cc(C(C)=O)c(C)o1. The lowest BCUT2D eigenvalue weighted by Crippen LogP contribution is -2.12. The predicted octanol–water partition coefficient (Wildman–Crippen LogP) is 3.37. The number of anilines is 1. The summed E-state index contributed by atoms with van der Waals surface area (Å²) in [7, 11) is 1.56. The van der Waals surface area contributed by atoms with Crippen LogP contribution in [0.1, 0.15) is 35.2 Å². The highest BCUT2D eigenvalue weighted by Crippen LogP contribution is 2.23. The van der Waals surface area contributed by atoms with Gasteiger partial charge >= 0.3 is 0 Å². The molecule has 1 aromatic carbocycles. The van der Waals surface area contributed by atoms with Gasteiger partial charge in [-0.1, -0.05) is 12.1 Å². The van der Waals surface area contributed by atoms with Crippen molar-refractivity contribution in [2.24, 2.45) is 0 Å². The number of nitrogens with one attached hydrogen (secondary N) is 1. The summed E-state index contributed by atoms with van der Waals surface area (Å²) in [5.74, 6) is 1.67. The quantitative estimate of drug-likeness (QED) is 0.831. The molecular formula is C17H19NO4. The van der Waals surface area contributed by atoms with Gasteiger partial charge in [0.25, 0.3) is 0 Å². The number of amides is 1. The summed E-state index contributed by atoms with van der Waals surface area (Å²) in [5.41, 5.74) is 1.20. The second kappa shape index (κ2) is 6.93. The van der Waals surface area contributed by atoms with Gasteiger partial charge in [-0.05, 0) is 32.0 Å². The second-order valence-electron chi connectivity index (χ2n) is 4.99. The molecule has 0 aliphatic heterocycles.